The molecule has 1 N–H and O–H groups in total. The molecule has 2 aliphatic rings. The van der Waals surface area contributed by atoms with Crippen molar-refractivity contribution in [1.82, 2.24) is 29.1 Å². The Morgan fingerprint density at radius 2 is 1.71 bits per heavy atom. The molecule has 2 aliphatic heterocycles. The molecule has 0 spiro atoms. The van der Waals surface area contributed by atoms with Crippen molar-refractivity contribution in [3.05, 3.63) is 82.4 Å². The molecule has 0 aliphatic carbocycles. The van der Waals surface area contributed by atoms with E-state index in [1.165, 1.54) is 16.5 Å². The number of fused-ring (bicyclic) bond motifs is 1. The van der Waals surface area contributed by atoms with E-state index in [0.717, 1.165) is 49.7 Å². The summed E-state index contributed by atoms with van der Waals surface area (Å²) in [6.07, 6.45) is 3.46. The molecule has 220 valence electrons. The van der Waals surface area contributed by atoms with Gasteiger partial charge in [-0.25, -0.2) is 4.98 Å². The molecule has 4 aromatic rings. The van der Waals surface area contributed by atoms with Gasteiger partial charge in [-0.1, -0.05) is 48.5 Å². The minimum absolute atomic E-state index is 0.0937. The number of carbonyl (C=O) groups is 1. The number of aromatic nitrogens is 4. The Balaban J connectivity index is 1.13. The van der Waals surface area contributed by atoms with Crippen molar-refractivity contribution in [2.45, 2.75) is 44.4 Å². The zero-order chi connectivity index (χ0) is 29.1. The maximum absolute atomic E-state index is 13.5. The minimum Gasteiger partial charge on any atom is -0.388 e. The average Bonchev–Trinajstić information content (AvgIpc) is 3.35. The van der Waals surface area contributed by atoms with Crippen molar-refractivity contribution in [3.63, 3.8) is 0 Å². The van der Waals surface area contributed by atoms with Gasteiger partial charge in [-0.2, -0.15) is 5.10 Å². The maximum Gasteiger partial charge on any atom is 0.281 e. The van der Waals surface area contributed by atoms with Crippen LogP contribution >= 0.6 is 0 Å². The molecule has 4 heterocycles. The van der Waals surface area contributed by atoms with Gasteiger partial charge in [-0.3, -0.25) is 23.7 Å². The lowest BCUT2D eigenvalue weighted by molar-refractivity contribution is -0.135. The molecule has 10 nitrogen and oxygen atoms in total. The van der Waals surface area contributed by atoms with Crippen LogP contribution in [0.25, 0.3) is 22.3 Å². The number of aryl methyl sites for hydroxylation is 2. The van der Waals surface area contributed by atoms with E-state index in [0.29, 0.717) is 44.3 Å². The predicted octanol–water partition coefficient (Wildman–Crippen LogP) is 2.62. The van der Waals surface area contributed by atoms with Gasteiger partial charge in [0.15, 0.2) is 5.52 Å². The van der Waals surface area contributed by atoms with Crippen LogP contribution in [-0.2, 0) is 36.1 Å². The first kappa shape index (κ1) is 28.3. The number of ether oxygens (including phenoxy) is 1. The molecule has 42 heavy (non-hydrogen) atoms. The quantitative estimate of drug-likeness (QED) is 0.347. The number of carbonyl (C=O) groups excluding carboxylic acids is 1. The van der Waals surface area contributed by atoms with E-state index in [9.17, 15) is 14.7 Å². The zero-order valence-corrected chi connectivity index (χ0v) is 24.1. The molecule has 0 atom stereocenters. The van der Waals surface area contributed by atoms with Crippen LogP contribution in [-0.4, -0.2) is 85.1 Å². The van der Waals surface area contributed by atoms with Crippen molar-refractivity contribution in [3.8, 4) is 11.3 Å². The number of hydrogen-bond donors (Lipinski definition) is 1. The fraction of sp³-hybridized carbons (Fsp3) is 0.438. The van der Waals surface area contributed by atoms with Gasteiger partial charge in [-0.15, -0.1) is 0 Å². The Labute approximate surface area is 245 Å². The number of amides is 1. The summed E-state index contributed by atoms with van der Waals surface area (Å²) in [6, 6.07) is 18.3. The van der Waals surface area contributed by atoms with Crippen molar-refractivity contribution >= 4 is 16.9 Å². The molecule has 6 rings (SSSR count). The lowest BCUT2D eigenvalue weighted by Gasteiger charge is -2.38. The molecule has 2 saturated heterocycles. The Morgan fingerprint density at radius 1 is 0.976 bits per heavy atom. The molecule has 2 aromatic heterocycles. The minimum atomic E-state index is -1.10. The van der Waals surface area contributed by atoms with Gasteiger partial charge >= 0.3 is 0 Å². The number of aliphatic hydroxyl groups is 1. The highest BCUT2D eigenvalue weighted by molar-refractivity contribution is 5.89. The van der Waals surface area contributed by atoms with E-state index in [-0.39, 0.29) is 23.5 Å². The predicted molar refractivity (Wildman–Crippen MR) is 160 cm³/mol. The van der Waals surface area contributed by atoms with Gasteiger partial charge in [0.1, 0.15) is 5.52 Å². The summed E-state index contributed by atoms with van der Waals surface area (Å²) >= 11 is 0. The highest BCUT2D eigenvalue weighted by Gasteiger charge is 2.35. The first-order valence-corrected chi connectivity index (χ1v) is 14.7. The standard InChI is InChI=1S/C32H38N6O4/c1-35-30(26-9-5-8-25(20-26)21-36-16-18-42-19-17-36)28-29(34-35)31(40)38(23-33-28)22-32(41)12-14-37(15-13-32)27(39)11-10-24-6-3-2-4-7-24/h2-9,20,23,41H,10-19,21-22H2,1H3. The summed E-state index contributed by atoms with van der Waals surface area (Å²) in [5, 5.41) is 15.9. The zero-order valence-electron chi connectivity index (χ0n) is 24.1. The molecular weight excluding hydrogens is 532 g/mol. The number of nitrogens with zero attached hydrogens (tertiary/aromatic N) is 6. The molecule has 0 bridgehead atoms. The third-order valence-electron chi connectivity index (χ3n) is 8.50. The highest BCUT2D eigenvalue weighted by atomic mass is 16.5. The van der Waals surface area contributed by atoms with E-state index < -0.39 is 5.60 Å². The number of hydrogen-bond acceptors (Lipinski definition) is 7. The first-order valence-electron chi connectivity index (χ1n) is 14.7. The van der Waals surface area contributed by atoms with E-state index in [1.54, 1.807) is 4.68 Å². The van der Waals surface area contributed by atoms with Gasteiger partial charge in [0.25, 0.3) is 5.56 Å². The fourth-order valence-electron chi connectivity index (χ4n) is 6.07. The second kappa shape index (κ2) is 12.2. The molecule has 0 saturated carbocycles. The van der Waals surface area contributed by atoms with Crippen molar-refractivity contribution in [2.24, 2.45) is 7.05 Å². The lowest BCUT2D eigenvalue weighted by atomic mass is 9.91. The van der Waals surface area contributed by atoms with Crippen molar-refractivity contribution < 1.29 is 14.6 Å². The monoisotopic (exact) mass is 570 g/mol. The van der Waals surface area contributed by atoms with E-state index in [1.807, 2.05) is 54.4 Å². The average molecular weight is 571 g/mol. The maximum atomic E-state index is 13.5. The fourth-order valence-corrected chi connectivity index (χ4v) is 6.07. The second-order valence-electron chi connectivity index (χ2n) is 11.5. The molecule has 2 fully saturated rings. The third kappa shape index (κ3) is 6.16. The summed E-state index contributed by atoms with van der Waals surface area (Å²) in [4.78, 5) is 35.1. The number of benzene rings is 2. The largest absolute Gasteiger partial charge is 0.388 e. The van der Waals surface area contributed by atoms with Crippen LogP contribution in [0.2, 0.25) is 0 Å². The van der Waals surface area contributed by atoms with Crippen LogP contribution in [0.15, 0.2) is 65.7 Å². The normalized spacial score (nSPS) is 17.5. The number of likely N-dealkylation sites (tertiary alicyclic amines) is 1. The summed E-state index contributed by atoms with van der Waals surface area (Å²) in [6.45, 7) is 5.20. The van der Waals surface area contributed by atoms with E-state index >= 15 is 0 Å². The van der Waals surface area contributed by atoms with Gasteiger partial charge in [-0.05, 0) is 36.5 Å². The van der Waals surface area contributed by atoms with Crippen molar-refractivity contribution in [2.75, 3.05) is 39.4 Å². The topological polar surface area (TPSA) is 106 Å². The number of rotatable bonds is 8. The van der Waals surface area contributed by atoms with E-state index in [2.05, 4.69) is 27.1 Å². The lowest BCUT2D eigenvalue weighted by Crippen LogP contribution is -2.49. The van der Waals surface area contributed by atoms with Crippen LogP contribution in [0.1, 0.15) is 30.4 Å². The number of morpholine rings is 1. The Hall–Kier alpha value is -3.86. The van der Waals surface area contributed by atoms with Crippen LogP contribution in [0.5, 0.6) is 0 Å². The van der Waals surface area contributed by atoms with Crippen LogP contribution < -0.4 is 5.56 Å². The highest BCUT2D eigenvalue weighted by Crippen LogP contribution is 2.28. The Bertz CT molecular complexity index is 1600. The molecule has 10 heteroatoms. The molecule has 1 amide bonds. The molecular formula is C32H38N6O4. The number of piperidine rings is 1. The molecule has 2 aromatic carbocycles. The van der Waals surface area contributed by atoms with Gasteiger partial charge < -0.3 is 14.7 Å². The van der Waals surface area contributed by atoms with Gasteiger partial charge in [0.2, 0.25) is 5.91 Å². The van der Waals surface area contributed by atoms with Crippen molar-refractivity contribution in [1.29, 1.82) is 0 Å². The second-order valence-corrected chi connectivity index (χ2v) is 11.5. The summed E-state index contributed by atoms with van der Waals surface area (Å²) in [5.74, 6) is 0.0937. The van der Waals surface area contributed by atoms with Gasteiger partial charge in [0.05, 0.1) is 37.4 Å². The Morgan fingerprint density at radius 3 is 2.48 bits per heavy atom. The summed E-state index contributed by atoms with van der Waals surface area (Å²) in [5.41, 5.74) is 3.53. The van der Waals surface area contributed by atoms with Crippen LogP contribution in [0, 0.1) is 0 Å². The van der Waals surface area contributed by atoms with Crippen LogP contribution in [0.4, 0.5) is 0 Å². The smallest absolute Gasteiger partial charge is 0.281 e. The third-order valence-corrected chi connectivity index (χ3v) is 8.50. The summed E-state index contributed by atoms with van der Waals surface area (Å²) < 4.78 is 8.64. The van der Waals surface area contributed by atoms with Gasteiger partial charge in [0, 0.05) is 51.8 Å². The molecule has 0 radical (unpaired) electrons. The van der Waals surface area contributed by atoms with E-state index in [4.69, 9.17) is 4.74 Å². The SMILES string of the molecule is Cn1nc2c(=O)n(CC3(O)CCN(C(=O)CCc4ccccc4)CC3)cnc2c1-c1cccc(CN2CCOCC2)c1. The summed E-state index contributed by atoms with van der Waals surface area (Å²) in [7, 11) is 1.83. The molecule has 0 unspecified atom stereocenters. The first-order chi connectivity index (χ1) is 20.4. The van der Waals surface area contributed by atoms with Crippen LogP contribution in [0.3, 0.4) is 0 Å². The Kier molecular flexibility index (Phi) is 8.19.